The van der Waals surface area contributed by atoms with Crippen molar-refractivity contribution in [3.05, 3.63) is 35.9 Å². The van der Waals surface area contributed by atoms with E-state index in [4.69, 9.17) is 32.4 Å². The zero-order valence-corrected chi connectivity index (χ0v) is 37.2. The van der Waals surface area contributed by atoms with Crippen LogP contribution in [-0.2, 0) is 59.0 Å². The molecular weight excluding hydrogens is 903 g/mol. The average molecular weight is 964 g/mol. The Morgan fingerprint density at radius 1 is 0.838 bits per heavy atom. The molecule has 0 spiro atoms. The smallest absolute Gasteiger partial charge is 0.326 e. The van der Waals surface area contributed by atoms with E-state index in [1.165, 1.54) is 11.8 Å². The van der Waals surface area contributed by atoms with Crippen LogP contribution in [0.3, 0.4) is 0 Å². The van der Waals surface area contributed by atoms with Gasteiger partial charge in [-0.15, -0.1) is 0 Å². The number of aliphatic hydroxyl groups is 3. The van der Waals surface area contributed by atoms with Crippen LogP contribution in [0.1, 0.15) is 57.4 Å². The number of primary amides is 1. The fourth-order valence-electron chi connectivity index (χ4n) is 7.99. The van der Waals surface area contributed by atoms with Crippen molar-refractivity contribution in [3.63, 3.8) is 0 Å². The van der Waals surface area contributed by atoms with Crippen molar-refractivity contribution in [1.29, 1.82) is 0 Å². The van der Waals surface area contributed by atoms with Crippen molar-refractivity contribution in [2.75, 3.05) is 26.2 Å². The molecule has 7 amide bonds. The molecule has 3 fully saturated rings. The summed E-state index contributed by atoms with van der Waals surface area (Å²) in [5.74, 6) is -9.59. The molecule has 4 rings (SSSR count). The van der Waals surface area contributed by atoms with Gasteiger partial charge in [0.2, 0.25) is 41.4 Å². The number of benzene rings is 1. The summed E-state index contributed by atoms with van der Waals surface area (Å²) < 4.78 is 11.3. The molecule has 0 radical (unpaired) electrons. The van der Waals surface area contributed by atoms with Gasteiger partial charge in [0.25, 0.3) is 0 Å². The summed E-state index contributed by atoms with van der Waals surface area (Å²) in [6.45, 7) is 0.336. The molecule has 0 saturated carbocycles. The van der Waals surface area contributed by atoms with Gasteiger partial charge in [-0.05, 0) is 38.2 Å². The van der Waals surface area contributed by atoms with E-state index in [2.05, 4.69) is 26.3 Å². The molecule has 3 saturated heterocycles. The Morgan fingerprint density at radius 2 is 1.53 bits per heavy atom. The maximum Gasteiger partial charge on any atom is 0.326 e. The first-order valence-corrected chi connectivity index (χ1v) is 21.8. The van der Waals surface area contributed by atoms with Crippen LogP contribution in [0.15, 0.2) is 35.3 Å². The second-order valence-electron chi connectivity index (χ2n) is 16.7. The summed E-state index contributed by atoms with van der Waals surface area (Å²) in [6, 6.07) is -0.475. The highest BCUT2D eigenvalue weighted by atomic mass is 16.7. The molecule has 3 aliphatic rings. The molecule has 0 aliphatic carbocycles. The van der Waals surface area contributed by atoms with E-state index < -0.39 is 152 Å². The number of aliphatic carboxylic acids is 2. The van der Waals surface area contributed by atoms with Crippen molar-refractivity contribution in [2.24, 2.45) is 27.9 Å². The number of ether oxygens (including phenoxy) is 2. The standard InChI is InChI=1S/C41H61N11O16/c1-19-31(57)32(58)33(59)40(67-19)68-21-14-27(39(65)66)52(18-21)38(64)25(13-20-7-3-2-4-8-20)50-35(61)24(16-30(55)56)48-29(54)17-47-34(60)23(9-5-11-46-41(44)45)49-36(62)26-10-6-12-51(26)37(63)22(42)15-28(43)53/h2-4,7-8,19,21-27,31-33,40,57-59H,5-6,9-18,42H2,1H3,(H2,43,53)(H,47,60)(H,48,54)(H,49,62)(H,50,61)(H,55,56)(H,65,66)(H4,44,45,46)/t19-,21?,22-,23-,24-,25-,26-,27-,31-,32+,33+,40-/m0/s1. The summed E-state index contributed by atoms with van der Waals surface area (Å²) in [5, 5.41) is 60.2. The highest BCUT2D eigenvalue weighted by Crippen LogP contribution is 2.28. The molecule has 1 aromatic carbocycles. The molecule has 1 unspecified atom stereocenters. The van der Waals surface area contributed by atoms with Crippen molar-refractivity contribution < 1.29 is 78.2 Å². The first-order chi connectivity index (χ1) is 32.1. The number of hydrogen-bond acceptors (Lipinski definition) is 16. The number of aliphatic imine (C=N–C) groups is 1. The molecule has 1 aromatic rings. The summed E-state index contributed by atoms with van der Waals surface area (Å²) >= 11 is 0. The normalized spacial score (nSPS) is 25.2. The van der Waals surface area contributed by atoms with Crippen LogP contribution >= 0.6 is 0 Å². The minimum Gasteiger partial charge on any atom is -0.481 e. The summed E-state index contributed by atoms with van der Waals surface area (Å²) in [5.41, 5.74) is 22.3. The highest BCUT2D eigenvalue weighted by Gasteiger charge is 2.48. The Bertz CT molecular complexity index is 2030. The van der Waals surface area contributed by atoms with Gasteiger partial charge in [0.15, 0.2) is 12.2 Å². The quantitative estimate of drug-likeness (QED) is 0.0275. The minimum atomic E-state index is -1.86. The van der Waals surface area contributed by atoms with Gasteiger partial charge in [-0.25, -0.2) is 4.79 Å². The van der Waals surface area contributed by atoms with Gasteiger partial charge in [0, 0.05) is 32.5 Å². The van der Waals surface area contributed by atoms with Crippen LogP contribution in [0.4, 0.5) is 0 Å². The van der Waals surface area contributed by atoms with Crippen molar-refractivity contribution in [2.45, 2.75) is 131 Å². The number of nitrogens with two attached hydrogens (primary N) is 4. The van der Waals surface area contributed by atoms with Gasteiger partial charge in [0.1, 0.15) is 48.5 Å². The lowest BCUT2D eigenvalue weighted by Gasteiger charge is -2.39. The Kier molecular flexibility index (Phi) is 19.9. The van der Waals surface area contributed by atoms with Crippen LogP contribution in [0.2, 0.25) is 0 Å². The topological polar surface area (TPSA) is 444 Å². The zero-order chi connectivity index (χ0) is 50.4. The number of carbonyl (C=O) groups excluding carboxylic acids is 7. The van der Waals surface area contributed by atoms with E-state index in [0.29, 0.717) is 12.0 Å². The van der Waals surface area contributed by atoms with E-state index in [0.717, 1.165) is 4.90 Å². The number of likely N-dealkylation sites (tertiary alicyclic amines) is 2. The molecular formula is C41H61N11O16. The molecule has 3 heterocycles. The molecule has 0 bridgehead atoms. The third kappa shape index (κ3) is 15.3. The third-order valence-electron chi connectivity index (χ3n) is 11.5. The maximum absolute atomic E-state index is 14.3. The number of amides is 7. The lowest BCUT2D eigenvalue weighted by Crippen LogP contribution is -2.58. The zero-order valence-electron chi connectivity index (χ0n) is 37.2. The van der Waals surface area contributed by atoms with Crippen molar-refractivity contribution in [1.82, 2.24) is 31.1 Å². The monoisotopic (exact) mass is 963 g/mol. The molecule has 12 atom stereocenters. The largest absolute Gasteiger partial charge is 0.481 e. The Labute approximate surface area is 389 Å². The molecule has 0 aromatic heterocycles. The summed E-state index contributed by atoms with van der Waals surface area (Å²) in [6.07, 6.45) is -9.77. The number of carboxylic acid groups (broad SMARTS) is 2. The lowest BCUT2D eigenvalue weighted by atomic mass is 10.00. The van der Waals surface area contributed by atoms with Gasteiger partial charge >= 0.3 is 11.9 Å². The number of guanidine groups is 1. The summed E-state index contributed by atoms with van der Waals surface area (Å²) in [7, 11) is 0. The SMILES string of the molecule is C[C@@H]1O[C@@H](OC2C[C@@H](C(=O)O)N(C(=O)[C@H](Cc3ccccc3)NC(=O)[C@H](CC(=O)O)NC(=O)CNC(=O)[C@H](CCCN=C(N)N)NC(=O)[C@@H]3CCCN3C(=O)[C@@H](N)CC(N)=O)C2)[C@H](O)[C@H](O)[C@H]1O. The number of nitrogens with zero attached hydrogens (tertiary/aromatic N) is 3. The van der Waals surface area contributed by atoms with Crippen LogP contribution in [0, 0.1) is 0 Å². The number of hydrogen-bond donors (Lipinski definition) is 13. The fraction of sp³-hybridized carbons (Fsp3) is 0.610. The first-order valence-electron chi connectivity index (χ1n) is 21.8. The van der Waals surface area contributed by atoms with E-state index in [1.54, 1.807) is 30.3 Å². The molecule has 17 N–H and O–H groups in total. The number of carboxylic acids is 2. The van der Waals surface area contributed by atoms with E-state index in [1.807, 2.05) is 0 Å². The average Bonchev–Trinajstić information content (AvgIpc) is 3.95. The van der Waals surface area contributed by atoms with Gasteiger partial charge in [-0.2, -0.15) is 0 Å². The van der Waals surface area contributed by atoms with E-state index in [-0.39, 0.29) is 51.2 Å². The van der Waals surface area contributed by atoms with Crippen LogP contribution in [0.25, 0.3) is 0 Å². The predicted molar refractivity (Wildman–Crippen MR) is 233 cm³/mol. The van der Waals surface area contributed by atoms with Gasteiger partial charge in [0.05, 0.1) is 37.6 Å². The van der Waals surface area contributed by atoms with Gasteiger partial charge in [-0.1, -0.05) is 30.3 Å². The third-order valence-corrected chi connectivity index (χ3v) is 11.5. The van der Waals surface area contributed by atoms with Gasteiger partial charge < -0.3 is 89.0 Å². The first kappa shape index (κ1) is 54.1. The number of nitrogens with one attached hydrogen (secondary N) is 4. The minimum absolute atomic E-state index is 0.0387. The molecule has 376 valence electrons. The maximum atomic E-state index is 14.3. The molecule has 3 aliphatic heterocycles. The van der Waals surface area contributed by atoms with E-state index in [9.17, 15) is 68.7 Å². The number of aliphatic hydroxyl groups excluding tert-OH is 3. The Hall–Kier alpha value is -6.52. The highest BCUT2D eigenvalue weighted by molar-refractivity contribution is 5.97. The van der Waals surface area contributed by atoms with E-state index >= 15 is 0 Å². The van der Waals surface area contributed by atoms with Crippen molar-refractivity contribution >= 4 is 59.2 Å². The number of rotatable bonds is 23. The lowest BCUT2D eigenvalue weighted by molar-refractivity contribution is -0.302. The summed E-state index contributed by atoms with van der Waals surface area (Å²) in [4.78, 5) is 123. The molecule has 27 nitrogen and oxygen atoms in total. The van der Waals surface area contributed by atoms with Crippen LogP contribution in [0.5, 0.6) is 0 Å². The van der Waals surface area contributed by atoms with Crippen LogP contribution < -0.4 is 44.2 Å². The second-order valence-corrected chi connectivity index (χ2v) is 16.7. The fourth-order valence-corrected chi connectivity index (χ4v) is 7.99. The molecule has 68 heavy (non-hydrogen) atoms. The molecule has 27 heteroatoms. The van der Waals surface area contributed by atoms with Crippen LogP contribution in [-0.4, -0.2) is 194 Å². The Balaban J connectivity index is 1.47. The van der Waals surface area contributed by atoms with Gasteiger partial charge in [-0.3, -0.25) is 43.3 Å². The Morgan fingerprint density at radius 3 is 2.16 bits per heavy atom. The predicted octanol–water partition coefficient (Wildman–Crippen LogP) is -6.58. The number of carbonyl (C=O) groups is 9. The second kappa shape index (κ2) is 25.0. The van der Waals surface area contributed by atoms with Crippen molar-refractivity contribution in [3.8, 4) is 0 Å².